The second kappa shape index (κ2) is 6.16. The summed E-state index contributed by atoms with van der Waals surface area (Å²) < 4.78 is 0. The minimum Gasteiger partial charge on any atom is -0.389 e. The van der Waals surface area contributed by atoms with Crippen molar-refractivity contribution in [1.82, 2.24) is 0 Å². The van der Waals surface area contributed by atoms with Gasteiger partial charge in [-0.1, -0.05) is 18.2 Å². The van der Waals surface area contributed by atoms with Crippen LogP contribution < -0.4 is 4.90 Å². The van der Waals surface area contributed by atoms with Crippen LogP contribution in [-0.2, 0) is 0 Å². The molecule has 0 aliphatic carbocycles. The molecule has 2 nitrogen and oxygen atoms in total. The highest BCUT2D eigenvalue weighted by atomic mass is 32.2. The standard InChI is InChI=1S/C13H21NOS/c1-10(9-16-4)14(3)13-8-6-5-7-12(13)11(2)15/h5-8,10-11,15H,9H2,1-4H3. The van der Waals surface area contributed by atoms with Crippen molar-refractivity contribution >= 4 is 17.4 Å². The lowest BCUT2D eigenvalue weighted by molar-refractivity contribution is 0.199. The van der Waals surface area contributed by atoms with Crippen LogP contribution in [0, 0.1) is 0 Å². The molecule has 1 N–H and O–H groups in total. The molecule has 0 fully saturated rings. The number of aliphatic hydroxyl groups excluding tert-OH is 1. The first-order valence-electron chi connectivity index (χ1n) is 5.56. The molecule has 1 aromatic carbocycles. The zero-order valence-corrected chi connectivity index (χ0v) is 11.3. The van der Waals surface area contributed by atoms with Gasteiger partial charge in [0.2, 0.25) is 0 Å². The number of thioether (sulfide) groups is 1. The maximum Gasteiger partial charge on any atom is 0.0781 e. The Morgan fingerprint density at radius 2 is 1.94 bits per heavy atom. The minimum atomic E-state index is -0.417. The second-order valence-electron chi connectivity index (χ2n) is 4.15. The lowest BCUT2D eigenvalue weighted by Crippen LogP contribution is -2.31. The van der Waals surface area contributed by atoms with Gasteiger partial charge < -0.3 is 10.0 Å². The summed E-state index contributed by atoms with van der Waals surface area (Å²) in [6, 6.07) is 8.51. The largest absolute Gasteiger partial charge is 0.389 e. The van der Waals surface area contributed by atoms with Crippen LogP contribution in [-0.4, -0.2) is 30.2 Å². The van der Waals surface area contributed by atoms with Gasteiger partial charge in [-0.3, -0.25) is 0 Å². The van der Waals surface area contributed by atoms with Gasteiger partial charge in [-0.15, -0.1) is 0 Å². The van der Waals surface area contributed by atoms with Gasteiger partial charge in [0.25, 0.3) is 0 Å². The van der Waals surface area contributed by atoms with Crippen LogP contribution in [0.2, 0.25) is 0 Å². The minimum absolute atomic E-state index is 0.417. The summed E-state index contributed by atoms with van der Waals surface area (Å²) in [5.74, 6) is 1.09. The van der Waals surface area contributed by atoms with E-state index < -0.39 is 6.10 Å². The van der Waals surface area contributed by atoms with Gasteiger partial charge in [0, 0.05) is 30.1 Å². The van der Waals surface area contributed by atoms with Crippen LogP contribution in [0.15, 0.2) is 24.3 Å². The van der Waals surface area contributed by atoms with Crippen molar-refractivity contribution in [3.63, 3.8) is 0 Å². The Balaban J connectivity index is 2.93. The predicted molar refractivity (Wildman–Crippen MR) is 73.3 cm³/mol. The van der Waals surface area contributed by atoms with E-state index >= 15 is 0 Å². The van der Waals surface area contributed by atoms with Crippen molar-refractivity contribution in [3.05, 3.63) is 29.8 Å². The van der Waals surface area contributed by atoms with Crippen LogP contribution in [0.25, 0.3) is 0 Å². The molecule has 0 heterocycles. The lowest BCUT2D eigenvalue weighted by atomic mass is 10.1. The highest BCUT2D eigenvalue weighted by Gasteiger charge is 2.14. The molecular weight excluding hydrogens is 218 g/mol. The van der Waals surface area contributed by atoms with E-state index in [4.69, 9.17) is 0 Å². The van der Waals surface area contributed by atoms with Gasteiger partial charge >= 0.3 is 0 Å². The summed E-state index contributed by atoms with van der Waals surface area (Å²) in [4.78, 5) is 2.23. The summed E-state index contributed by atoms with van der Waals surface area (Å²) in [7, 11) is 2.09. The Hall–Kier alpha value is -0.670. The highest BCUT2D eigenvalue weighted by molar-refractivity contribution is 7.98. The van der Waals surface area contributed by atoms with E-state index in [2.05, 4.69) is 31.2 Å². The molecule has 1 aromatic rings. The van der Waals surface area contributed by atoms with Crippen molar-refractivity contribution in [1.29, 1.82) is 0 Å². The predicted octanol–water partition coefficient (Wildman–Crippen LogP) is 2.93. The first kappa shape index (κ1) is 13.4. The quantitative estimate of drug-likeness (QED) is 0.854. The van der Waals surface area contributed by atoms with Crippen molar-refractivity contribution in [2.75, 3.05) is 24.0 Å². The molecule has 16 heavy (non-hydrogen) atoms. The number of anilines is 1. The zero-order valence-electron chi connectivity index (χ0n) is 10.5. The molecule has 2 atom stereocenters. The first-order chi connectivity index (χ1) is 7.57. The Bertz CT molecular complexity index is 327. The number of aliphatic hydroxyl groups is 1. The van der Waals surface area contributed by atoms with Gasteiger partial charge in [-0.2, -0.15) is 11.8 Å². The van der Waals surface area contributed by atoms with Gasteiger partial charge in [-0.05, 0) is 26.2 Å². The molecule has 0 aromatic heterocycles. The zero-order chi connectivity index (χ0) is 12.1. The fourth-order valence-corrected chi connectivity index (χ4v) is 2.46. The molecule has 0 bridgehead atoms. The lowest BCUT2D eigenvalue weighted by Gasteiger charge is -2.29. The maximum absolute atomic E-state index is 9.73. The van der Waals surface area contributed by atoms with Gasteiger partial charge in [-0.25, -0.2) is 0 Å². The fraction of sp³-hybridized carbons (Fsp3) is 0.538. The van der Waals surface area contributed by atoms with E-state index in [1.807, 2.05) is 36.9 Å². The molecule has 0 aliphatic heterocycles. The monoisotopic (exact) mass is 239 g/mol. The summed E-state index contributed by atoms with van der Waals surface area (Å²) in [5, 5.41) is 9.73. The molecule has 0 saturated carbocycles. The Kier molecular flexibility index (Phi) is 5.16. The smallest absolute Gasteiger partial charge is 0.0781 e. The van der Waals surface area contributed by atoms with E-state index in [0.717, 1.165) is 17.0 Å². The van der Waals surface area contributed by atoms with Crippen molar-refractivity contribution in [3.8, 4) is 0 Å². The number of para-hydroxylation sites is 1. The topological polar surface area (TPSA) is 23.5 Å². The summed E-state index contributed by atoms with van der Waals surface area (Å²) in [5.41, 5.74) is 2.12. The SMILES string of the molecule is CSCC(C)N(C)c1ccccc1C(C)O. The Labute approximate surface area is 103 Å². The van der Waals surface area contributed by atoms with Crippen molar-refractivity contribution in [2.24, 2.45) is 0 Å². The fourth-order valence-electron chi connectivity index (χ4n) is 1.75. The Morgan fingerprint density at radius 1 is 1.31 bits per heavy atom. The number of rotatable bonds is 5. The van der Waals surface area contributed by atoms with Crippen molar-refractivity contribution in [2.45, 2.75) is 26.0 Å². The number of nitrogens with zero attached hydrogens (tertiary/aromatic N) is 1. The van der Waals surface area contributed by atoms with Crippen LogP contribution in [0.1, 0.15) is 25.5 Å². The molecule has 0 amide bonds. The molecule has 0 spiro atoms. The third-order valence-electron chi connectivity index (χ3n) is 2.84. The van der Waals surface area contributed by atoms with Crippen LogP contribution >= 0.6 is 11.8 Å². The normalized spacial score (nSPS) is 14.6. The number of benzene rings is 1. The summed E-state index contributed by atoms with van der Waals surface area (Å²) in [6.07, 6.45) is 1.70. The van der Waals surface area contributed by atoms with Crippen LogP contribution in [0.5, 0.6) is 0 Å². The summed E-state index contributed by atoms with van der Waals surface area (Å²) in [6.45, 7) is 4.02. The number of hydrogen-bond acceptors (Lipinski definition) is 3. The molecule has 2 unspecified atom stereocenters. The highest BCUT2D eigenvalue weighted by Crippen LogP contribution is 2.26. The maximum atomic E-state index is 9.73. The van der Waals surface area contributed by atoms with E-state index in [1.165, 1.54) is 0 Å². The molecule has 1 rings (SSSR count). The van der Waals surface area contributed by atoms with Gasteiger partial charge in [0.05, 0.1) is 6.10 Å². The van der Waals surface area contributed by atoms with E-state index in [9.17, 15) is 5.11 Å². The van der Waals surface area contributed by atoms with Gasteiger partial charge in [0.1, 0.15) is 0 Å². The number of hydrogen-bond donors (Lipinski definition) is 1. The molecule has 0 saturated heterocycles. The summed E-state index contributed by atoms with van der Waals surface area (Å²) >= 11 is 1.84. The van der Waals surface area contributed by atoms with Crippen LogP contribution in [0.3, 0.4) is 0 Å². The Morgan fingerprint density at radius 3 is 2.50 bits per heavy atom. The van der Waals surface area contributed by atoms with Crippen molar-refractivity contribution < 1.29 is 5.11 Å². The average Bonchev–Trinajstić information content (AvgIpc) is 2.28. The molecule has 90 valence electrons. The molecular formula is C13H21NOS. The van der Waals surface area contributed by atoms with Crippen LogP contribution in [0.4, 0.5) is 5.69 Å². The second-order valence-corrected chi connectivity index (χ2v) is 5.06. The van der Waals surface area contributed by atoms with E-state index in [-0.39, 0.29) is 0 Å². The third-order valence-corrected chi connectivity index (χ3v) is 3.65. The van der Waals surface area contributed by atoms with E-state index in [1.54, 1.807) is 0 Å². The first-order valence-corrected chi connectivity index (χ1v) is 6.96. The molecule has 0 aliphatic rings. The average molecular weight is 239 g/mol. The molecule has 3 heteroatoms. The van der Waals surface area contributed by atoms with Gasteiger partial charge in [0.15, 0.2) is 0 Å². The molecule has 0 radical (unpaired) electrons. The third kappa shape index (κ3) is 3.16. The van der Waals surface area contributed by atoms with E-state index in [0.29, 0.717) is 6.04 Å².